The lowest BCUT2D eigenvalue weighted by Crippen LogP contribution is -2.47. The molecule has 0 aliphatic heterocycles. The van der Waals surface area contributed by atoms with Crippen LogP contribution in [0.25, 0.3) is 16.8 Å². The predicted octanol–water partition coefficient (Wildman–Crippen LogP) is 4.47. The van der Waals surface area contributed by atoms with Gasteiger partial charge in [0.25, 0.3) is 0 Å². The molecule has 1 fully saturated rings. The Labute approximate surface area is 250 Å². The Morgan fingerprint density at radius 1 is 1.12 bits per heavy atom. The summed E-state index contributed by atoms with van der Waals surface area (Å²) in [5.74, 6) is -0.581. The Morgan fingerprint density at radius 3 is 2.58 bits per heavy atom. The number of benzene rings is 1. The maximum Gasteiger partial charge on any atom is 0.149 e. The van der Waals surface area contributed by atoms with Crippen LogP contribution in [0.15, 0.2) is 48.9 Å². The normalized spacial score (nSPS) is 21.0. The summed E-state index contributed by atoms with van der Waals surface area (Å²) < 4.78 is 66.0. The first kappa shape index (κ1) is 31.1. The molecule has 0 saturated heterocycles. The summed E-state index contributed by atoms with van der Waals surface area (Å²) in [7, 11) is -3.12. The van der Waals surface area contributed by atoms with Crippen LogP contribution in [0.4, 0.5) is 8.78 Å². The molecule has 0 spiro atoms. The van der Waals surface area contributed by atoms with E-state index in [1.807, 2.05) is 19.2 Å². The van der Waals surface area contributed by atoms with Crippen molar-refractivity contribution in [1.82, 2.24) is 19.6 Å². The lowest BCUT2D eigenvalue weighted by Gasteiger charge is -2.39. The Hall–Kier alpha value is -3.32. The topological polar surface area (TPSA) is 122 Å². The van der Waals surface area contributed by atoms with Gasteiger partial charge < -0.3 is 15.2 Å². The zero-order valence-corrected chi connectivity index (χ0v) is 25.4. The van der Waals surface area contributed by atoms with Crippen LogP contribution in [-0.2, 0) is 32.3 Å². The van der Waals surface area contributed by atoms with E-state index in [2.05, 4.69) is 22.0 Å². The molecule has 3 heterocycles. The standard InChI is InChI=1S/C31H37F2N5O4S/c1-4-41-18-20-12-25(32)30(26(33)13-20)28-6-5-23-17-36-29(38(23)37-28)15-22-16-35-8-7-24(22)21-11-19(2)31(27(34)14-21)42-9-10-43(3,39)40/h5-8,12-13,16-17,19,21,27,31H,4,9-11,14-15,18,34H2,1-3H3/t19-,21?,27+,31-/m0/s1. The molecule has 12 heteroatoms. The molecule has 1 unspecified atom stereocenters. The molecule has 5 rings (SSSR count). The zero-order chi connectivity index (χ0) is 30.7. The molecule has 3 aromatic heterocycles. The molecule has 43 heavy (non-hydrogen) atoms. The van der Waals surface area contributed by atoms with Crippen LogP contribution in [0.1, 0.15) is 55.1 Å². The molecular formula is C31H37F2N5O4S. The maximum absolute atomic E-state index is 15.1. The van der Waals surface area contributed by atoms with Crippen molar-refractivity contribution in [2.24, 2.45) is 11.7 Å². The fourth-order valence-corrected chi connectivity index (χ4v) is 6.36. The minimum absolute atomic E-state index is 0.0343. The van der Waals surface area contributed by atoms with Crippen LogP contribution in [-0.4, -0.2) is 65.4 Å². The first-order valence-corrected chi connectivity index (χ1v) is 16.5. The number of hydrogen-bond acceptors (Lipinski definition) is 8. The number of rotatable bonds is 11. The number of pyridine rings is 1. The zero-order valence-electron chi connectivity index (χ0n) is 24.5. The lowest BCUT2D eigenvalue weighted by molar-refractivity contribution is -0.0154. The average molecular weight is 614 g/mol. The number of sulfone groups is 1. The van der Waals surface area contributed by atoms with Crippen molar-refractivity contribution < 1.29 is 26.7 Å². The van der Waals surface area contributed by atoms with Crippen molar-refractivity contribution in [2.75, 3.05) is 25.2 Å². The molecule has 1 aliphatic carbocycles. The summed E-state index contributed by atoms with van der Waals surface area (Å²) in [6.45, 7) is 4.59. The van der Waals surface area contributed by atoms with Crippen LogP contribution >= 0.6 is 0 Å². The Kier molecular flexibility index (Phi) is 9.50. The molecule has 0 amide bonds. The third-order valence-corrected chi connectivity index (χ3v) is 8.88. The van der Waals surface area contributed by atoms with Gasteiger partial charge in [0.15, 0.2) is 0 Å². The smallest absolute Gasteiger partial charge is 0.149 e. The SMILES string of the molecule is CCOCc1cc(F)c(-c2ccc3cnc(Cc4cnccc4C4C[C@@H](N)[C@@H](OCCS(C)(=O)=O)[C@@H](C)C4)n3n2)c(F)c1. The number of ether oxygens (including phenoxy) is 2. The quantitative estimate of drug-likeness (QED) is 0.263. The molecule has 9 nitrogen and oxygen atoms in total. The van der Waals surface area contributed by atoms with E-state index in [1.54, 1.807) is 29.0 Å². The second kappa shape index (κ2) is 13.1. The summed E-state index contributed by atoms with van der Waals surface area (Å²) in [4.78, 5) is 8.93. The van der Waals surface area contributed by atoms with E-state index in [9.17, 15) is 8.42 Å². The van der Waals surface area contributed by atoms with E-state index in [4.69, 9.17) is 15.2 Å². The van der Waals surface area contributed by atoms with Gasteiger partial charge in [-0.15, -0.1) is 0 Å². The number of imidazole rings is 1. The molecule has 1 aliphatic rings. The molecule has 1 saturated carbocycles. The van der Waals surface area contributed by atoms with E-state index in [0.29, 0.717) is 36.4 Å². The molecule has 1 aromatic carbocycles. The maximum atomic E-state index is 15.1. The highest BCUT2D eigenvalue weighted by atomic mass is 32.2. The van der Waals surface area contributed by atoms with Crippen molar-refractivity contribution >= 4 is 15.4 Å². The molecule has 0 bridgehead atoms. The number of nitrogens with zero attached hydrogens (tertiary/aromatic N) is 4. The molecule has 230 valence electrons. The van der Waals surface area contributed by atoms with Crippen molar-refractivity contribution in [2.45, 2.75) is 57.8 Å². The average Bonchev–Trinajstić information content (AvgIpc) is 3.34. The Balaban J connectivity index is 1.37. The second-order valence-corrected chi connectivity index (χ2v) is 13.6. The van der Waals surface area contributed by atoms with Gasteiger partial charge in [0.05, 0.1) is 48.0 Å². The van der Waals surface area contributed by atoms with Gasteiger partial charge in [-0.3, -0.25) is 4.98 Å². The van der Waals surface area contributed by atoms with E-state index in [-0.39, 0.29) is 54.2 Å². The highest BCUT2D eigenvalue weighted by Crippen LogP contribution is 2.38. The molecule has 2 N–H and O–H groups in total. The highest BCUT2D eigenvalue weighted by molar-refractivity contribution is 7.90. The number of hydrogen-bond donors (Lipinski definition) is 1. The van der Waals surface area contributed by atoms with Crippen molar-refractivity contribution in [3.05, 3.63) is 83.1 Å². The van der Waals surface area contributed by atoms with Gasteiger partial charge in [-0.1, -0.05) is 6.92 Å². The van der Waals surface area contributed by atoms with Crippen LogP contribution in [0, 0.1) is 17.6 Å². The third-order valence-electron chi connectivity index (χ3n) is 7.98. The van der Waals surface area contributed by atoms with Crippen LogP contribution < -0.4 is 5.73 Å². The van der Waals surface area contributed by atoms with Gasteiger partial charge in [-0.25, -0.2) is 26.7 Å². The lowest BCUT2D eigenvalue weighted by atomic mass is 9.73. The van der Waals surface area contributed by atoms with Crippen molar-refractivity contribution in [3.63, 3.8) is 0 Å². The molecular weight excluding hydrogens is 576 g/mol. The first-order valence-electron chi connectivity index (χ1n) is 14.4. The summed E-state index contributed by atoms with van der Waals surface area (Å²) in [6, 6.07) is 7.60. The van der Waals surface area contributed by atoms with Crippen LogP contribution in [0.5, 0.6) is 0 Å². The summed E-state index contributed by atoms with van der Waals surface area (Å²) >= 11 is 0. The monoisotopic (exact) mass is 613 g/mol. The molecule has 0 radical (unpaired) electrons. The van der Waals surface area contributed by atoms with Gasteiger partial charge in [0.2, 0.25) is 0 Å². The number of nitrogens with two attached hydrogens (primary N) is 1. The van der Waals surface area contributed by atoms with Gasteiger partial charge in [-0.2, -0.15) is 5.10 Å². The van der Waals surface area contributed by atoms with Gasteiger partial charge in [0, 0.05) is 37.7 Å². The van der Waals surface area contributed by atoms with E-state index in [1.165, 1.54) is 18.4 Å². The van der Waals surface area contributed by atoms with Gasteiger partial charge in [0.1, 0.15) is 27.3 Å². The largest absolute Gasteiger partial charge is 0.377 e. The highest BCUT2D eigenvalue weighted by Gasteiger charge is 2.36. The van der Waals surface area contributed by atoms with E-state index >= 15 is 8.78 Å². The number of halogens is 2. The Bertz CT molecular complexity index is 1660. The second-order valence-electron chi connectivity index (χ2n) is 11.3. The fourth-order valence-electron chi connectivity index (χ4n) is 5.96. The van der Waals surface area contributed by atoms with Crippen LogP contribution in [0.2, 0.25) is 0 Å². The van der Waals surface area contributed by atoms with Crippen molar-refractivity contribution in [3.8, 4) is 11.3 Å². The first-order chi connectivity index (χ1) is 20.5. The molecule has 4 aromatic rings. The van der Waals surface area contributed by atoms with Crippen LogP contribution in [0.3, 0.4) is 0 Å². The van der Waals surface area contributed by atoms with E-state index < -0.39 is 21.5 Å². The summed E-state index contributed by atoms with van der Waals surface area (Å²) in [5.41, 5.74) is 9.67. The van der Waals surface area contributed by atoms with Crippen molar-refractivity contribution in [1.29, 1.82) is 0 Å². The van der Waals surface area contributed by atoms with Gasteiger partial charge in [-0.05, 0) is 78.6 Å². The van der Waals surface area contributed by atoms with Gasteiger partial charge >= 0.3 is 0 Å². The number of fused-ring (bicyclic) bond motifs is 1. The summed E-state index contributed by atoms with van der Waals surface area (Å²) in [5, 5.41) is 4.58. The third kappa shape index (κ3) is 7.26. The number of aromatic nitrogens is 4. The summed E-state index contributed by atoms with van der Waals surface area (Å²) in [6.07, 6.45) is 8.10. The van der Waals surface area contributed by atoms with E-state index in [0.717, 1.165) is 17.5 Å². The molecule has 4 atom stereocenters. The Morgan fingerprint density at radius 2 is 1.88 bits per heavy atom. The minimum Gasteiger partial charge on any atom is -0.377 e. The predicted molar refractivity (Wildman–Crippen MR) is 159 cm³/mol. The minimum atomic E-state index is -3.12. The fraction of sp³-hybridized carbons (Fsp3) is 0.452.